The van der Waals surface area contributed by atoms with E-state index in [1.165, 1.54) is 0 Å². The summed E-state index contributed by atoms with van der Waals surface area (Å²) in [4.78, 5) is 0. The number of hydrogen-bond donors (Lipinski definition) is 2. The lowest BCUT2D eigenvalue weighted by Gasteiger charge is -2.03. The fraction of sp³-hybridized carbons (Fsp3) is 0.333. The van der Waals surface area contributed by atoms with Crippen molar-refractivity contribution in [2.24, 2.45) is 0 Å². The van der Waals surface area contributed by atoms with E-state index in [9.17, 15) is 8.42 Å². The van der Waals surface area contributed by atoms with E-state index in [1.807, 2.05) is 12.1 Å². The molecule has 0 bridgehead atoms. The molecule has 0 amide bonds. The Kier molecular flexibility index (Phi) is 3.31. The maximum absolute atomic E-state index is 10.6. The van der Waals surface area contributed by atoms with Crippen LogP contribution in [-0.2, 0) is 17.1 Å². The zero-order valence-corrected chi connectivity index (χ0v) is 8.33. The molecular weight excluding hydrogens is 186 g/mol. The second-order valence-corrected chi connectivity index (χ2v) is 4.53. The van der Waals surface area contributed by atoms with E-state index in [-0.39, 0.29) is 5.25 Å². The van der Waals surface area contributed by atoms with E-state index in [2.05, 4.69) is 0 Å². The smallest absolute Gasteiger partial charge is 0.143 e. The van der Waals surface area contributed by atoms with Crippen molar-refractivity contribution < 1.29 is 8.42 Å². The van der Waals surface area contributed by atoms with Crippen LogP contribution in [0.2, 0.25) is 0 Å². The molecule has 72 valence electrons. The van der Waals surface area contributed by atoms with E-state index < -0.39 is 10.7 Å². The van der Waals surface area contributed by atoms with Gasteiger partial charge in [0.15, 0.2) is 0 Å². The van der Waals surface area contributed by atoms with Gasteiger partial charge in [-0.15, -0.1) is 0 Å². The third-order valence-corrected chi connectivity index (χ3v) is 2.77. The van der Waals surface area contributed by atoms with Crippen LogP contribution in [0.15, 0.2) is 24.3 Å². The van der Waals surface area contributed by atoms with Gasteiger partial charge in [-0.1, -0.05) is 12.1 Å². The first-order chi connectivity index (χ1) is 6.09. The minimum Gasteiger partial charge on any atom is -0.399 e. The van der Waals surface area contributed by atoms with E-state index in [0.717, 1.165) is 5.56 Å². The zero-order valence-electron chi connectivity index (χ0n) is 7.43. The molecule has 0 spiro atoms. The maximum atomic E-state index is 10.6. The first kappa shape index (κ1) is 10.1. The highest BCUT2D eigenvalue weighted by molar-refractivity contribution is 7.73. The van der Waals surface area contributed by atoms with Crippen LogP contribution in [-0.4, -0.2) is 13.7 Å². The SMILES string of the molecule is CC(Cc1ccc(N)cc1)[SH](=O)=O. The fourth-order valence-corrected chi connectivity index (χ4v) is 1.43. The molecule has 13 heavy (non-hydrogen) atoms. The number of hydrogen-bond acceptors (Lipinski definition) is 3. The highest BCUT2D eigenvalue weighted by atomic mass is 32.2. The van der Waals surface area contributed by atoms with Gasteiger partial charge in [-0.25, -0.2) is 8.42 Å². The molecule has 0 aromatic heterocycles. The topological polar surface area (TPSA) is 60.2 Å². The maximum Gasteiger partial charge on any atom is 0.143 e. The average molecular weight is 199 g/mol. The van der Waals surface area contributed by atoms with E-state index in [0.29, 0.717) is 12.1 Å². The molecule has 1 aromatic carbocycles. The molecule has 3 nitrogen and oxygen atoms in total. The number of nitrogen functional groups attached to an aromatic ring is 1. The Morgan fingerprint density at radius 3 is 2.31 bits per heavy atom. The van der Waals surface area contributed by atoms with Gasteiger partial charge < -0.3 is 5.73 Å². The van der Waals surface area contributed by atoms with Gasteiger partial charge in [0.1, 0.15) is 10.7 Å². The Bertz CT molecular complexity index is 335. The summed E-state index contributed by atoms with van der Waals surface area (Å²) in [7, 11) is -2.32. The quantitative estimate of drug-likeness (QED) is 0.559. The van der Waals surface area contributed by atoms with Crippen molar-refractivity contribution in [2.45, 2.75) is 18.6 Å². The van der Waals surface area contributed by atoms with Crippen molar-refractivity contribution in [2.75, 3.05) is 5.73 Å². The Morgan fingerprint density at radius 2 is 1.85 bits per heavy atom. The van der Waals surface area contributed by atoms with Crippen LogP contribution in [0.25, 0.3) is 0 Å². The molecule has 1 aromatic rings. The highest BCUT2D eigenvalue weighted by Gasteiger charge is 2.04. The predicted octanol–water partition coefficient (Wildman–Crippen LogP) is 0.811. The van der Waals surface area contributed by atoms with Gasteiger partial charge in [-0.05, 0) is 31.0 Å². The Morgan fingerprint density at radius 1 is 1.31 bits per heavy atom. The third kappa shape index (κ3) is 3.06. The van der Waals surface area contributed by atoms with Crippen LogP contribution in [0.1, 0.15) is 12.5 Å². The molecule has 2 N–H and O–H groups in total. The third-order valence-electron chi connectivity index (χ3n) is 1.87. The van der Waals surface area contributed by atoms with Gasteiger partial charge in [-0.3, -0.25) is 0 Å². The molecule has 0 aliphatic heterocycles. The molecule has 0 aliphatic carbocycles. The number of nitrogens with two attached hydrogens (primary N) is 1. The van der Waals surface area contributed by atoms with Crippen LogP contribution >= 0.6 is 0 Å². The lowest BCUT2D eigenvalue weighted by Crippen LogP contribution is -2.07. The largest absolute Gasteiger partial charge is 0.399 e. The van der Waals surface area contributed by atoms with Crippen molar-refractivity contribution >= 4 is 16.4 Å². The van der Waals surface area contributed by atoms with Crippen LogP contribution in [0.5, 0.6) is 0 Å². The molecule has 0 heterocycles. The summed E-state index contributed by atoms with van der Waals surface area (Å²) in [5.41, 5.74) is 7.20. The van der Waals surface area contributed by atoms with Gasteiger partial charge in [-0.2, -0.15) is 0 Å². The van der Waals surface area contributed by atoms with Crippen LogP contribution in [0.4, 0.5) is 5.69 Å². The Labute approximate surface area is 79.5 Å². The first-order valence-corrected chi connectivity index (χ1v) is 5.32. The summed E-state index contributed by atoms with van der Waals surface area (Å²) in [5.74, 6) is 0. The van der Waals surface area contributed by atoms with Crippen molar-refractivity contribution in [3.8, 4) is 0 Å². The zero-order chi connectivity index (χ0) is 9.84. The van der Waals surface area contributed by atoms with E-state index in [4.69, 9.17) is 5.73 Å². The van der Waals surface area contributed by atoms with Crippen LogP contribution in [0.3, 0.4) is 0 Å². The van der Waals surface area contributed by atoms with E-state index >= 15 is 0 Å². The van der Waals surface area contributed by atoms with E-state index in [1.54, 1.807) is 19.1 Å². The number of benzene rings is 1. The molecule has 0 saturated heterocycles. The van der Waals surface area contributed by atoms with Crippen molar-refractivity contribution in [3.05, 3.63) is 29.8 Å². The number of rotatable bonds is 3. The minimum absolute atomic E-state index is 0.307. The predicted molar refractivity (Wildman–Crippen MR) is 54.3 cm³/mol. The summed E-state index contributed by atoms with van der Waals surface area (Å²) in [6, 6.07) is 7.26. The van der Waals surface area contributed by atoms with Gasteiger partial charge in [0, 0.05) is 5.69 Å². The van der Waals surface area contributed by atoms with Gasteiger partial charge in [0.2, 0.25) is 0 Å². The molecule has 4 heteroatoms. The van der Waals surface area contributed by atoms with Gasteiger partial charge in [0.05, 0.1) is 5.25 Å². The summed E-state index contributed by atoms with van der Waals surface area (Å²) in [5, 5.41) is -0.307. The second-order valence-electron chi connectivity index (χ2n) is 3.08. The fourth-order valence-electron chi connectivity index (χ4n) is 1.07. The van der Waals surface area contributed by atoms with Gasteiger partial charge in [0.25, 0.3) is 0 Å². The minimum atomic E-state index is -2.32. The Balaban J connectivity index is 2.69. The summed E-state index contributed by atoms with van der Waals surface area (Å²) in [6.07, 6.45) is 0.555. The lowest BCUT2D eigenvalue weighted by molar-refractivity contribution is 0.602. The van der Waals surface area contributed by atoms with Crippen LogP contribution < -0.4 is 5.73 Å². The molecule has 1 atom stereocenters. The lowest BCUT2D eigenvalue weighted by atomic mass is 10.1. The summed E-state index contributed by atoms with van der Waals surface area (Å²) >= 11 is 0. The number of anilines is 1. The molecule has 0 aliphatic rings. The molecular formula is C9H13NO2S. The molecule has 0 radical (unpaired) electrons. The number of thiol groups is 1. The molecule has 1 rings (SSSR count). The molecule has 1 unspecified atom stereocenters. The monoisotopic (exact) mass is 199 g/mol. The average Bonchev–Trinajstić information content (AvgIpc) is 2.08. The van der Waals surface area contributed by atoms with Crippen LogP contribution in [0, 0.1) is 0 Å². The normalized spacial score (nSPS) is 13.1. The van der Waals surface area contributed by atoms with Crippen molar-refractivity contribution in [3.63, 3.8) is 0 Å². The second kappa shape index (κ2) is 4.28. The van der Waals surface area contributed by atoms with Crippen molar-refractivity contribution in [1.29, 1.82) is 0 Å². The van der Waals surface area contributed by atoms with Crippen molar-refractivity contribution in [1.82, 2.24) is 0 Å². The summed E-state index contributed by atoms with van der Waals surface area (Å²) in [6.45, 7) is 1.70. The standard InChI is InChI=1S/C9H13NO2S/c1-7(13(11)12)6-8-2-4-9(10)5-3-8/h2-5,7,13H,6,10H2,1H3. The summed E-state index contributed by atoms with van der Waals surface area (Å²) < 4.78 is 21.2. The molecule has 0 saturated carbocycles. The highest BCUT2D eigenvalue weighted by Crippen LogP contribution is 2.08. The molecule has 0 fully saturated rings. The van der Waals surface area contributed by atoms with Gasteiger partial charge >= 0.3 is 0 Å². The Hall–Kier alpha value is -1.03. The first-order valence-electron chi connectivity index (χ1n) is 4.07.